The Morgan fingerprint density at radius 3 is 2.37 bits per heavy atom. The van der Waals surface area contributed by atoms with E-state index in [1.54, 1.807) is 37.4 Å². The van der Waals surface area contributed by atoms with Gasteiger partial charge in [0.05, 0.1) is 17.7 Å². The quantitative estimate of drug-likeness (QED) is 0.340. The van der Waals surface area contributed by atoms with Crippen molar-refractivity contribution < 1.29 is 14.6 Å². The van der Waals surface area contributed by atoms with Gasteiger partial charge in [-0.1, -0.05) is 78.3 Å². The van der Waals surface area contributed by atoms with E-state index in [1.807, 2.05) is 60.7 Å². The topological polar surface area (TPSA) is 82.3 Å². The Morgan fingerprint density at radius 1 is 0.971 bits per heavy atom. The molecule has 0 saturated heterocycles. The second-order valence-electron chi connectivity index (χ2n) is 8.09. The summed E-state index contributed by atoms with van der Waals surface area (Å²) in [5.41, 5.74) is 2.05. The first-order valence-corrected chi connectivity index (χ1v) is 11.3. The molecule has 0 spiro atoms. The number of carbonyl (C=O) groups is 1. The van der Waals surface area contributed by atoms with Crippen LogP contribution in [0.1, 0.15) is 16.7 Å². The summed E-state index contributed by atoms with van der Waals surface area (Å²) in [6, 6.07) is 30.8. The van der Waals surface area contributed by atoms with Crippen molar-refractivity contribution in [1.29, 1.82) is 5.26 Å². The van der Waals surface area contributed by atoms with E-state index in [9.17, 15) is 9.90 Å². The third-order valence-corrected chi connectivity index (χ3v) is 6.10. The summed E-state index contributed by atoms with van der Waals surface area (Å²) in [5.74, 6) is 0.169. The molecule has 0 aliphatic heterocycles. The monoisotopic (exact) mass is 482 g/mol. The minimum absolute atomic E-state index is 0.0524. The number of rotatable bonds is 7. The zero-order valence-corrected chi connectivity index (χ0v) is 19.8. The zero-order valence-electron chi connectivity index (χ0n) is 19.0. The molecule has 1 unspecified atom stereocenters. The van der Waals surface area contributed by atoms with E-state index in [0.717, 1.165) is 22.4 Å². The van der Waals surface area contributed by atoms with E-state index in [-0.39, 0.29) is 11.4 Å². The Balaban J connectivity index is 1.66. The highest BCUT2D eigenvalue weighted by molar-refractivity contribution is 6.32. The van der Waals surface area contributed by atoms with Crippen molar-refractivity contribution in [1.82, 2.24) is 0 Å². The van der Waals surface area contributed by atoms with Crippen LogP contribution in [0.25, 0.3) is 11.1 Å². The van der Waals surface area contributed by atoms with Gasteiger partial charge in [0.2, 0.25) is 0 Å². The number of nitrogens with one attached hydrogen (secondary N) is 1. The summed E-state index contributed by atoms with van der Waals surface area (Å²) in [6.07, 6.45) is 0.0524. The summed E-state index contributed by atoms with van der Waals surface area (Å²) in [6.45, 7) is 0. The van der Waals surface area contributed by atoms with Gasteiger partial charge >= 0.3 is 0 Å². The Bertz CT molecular complexity index is 1380. The van der Waals surface area contributed by atoms with Crippen LogP contribution in [-0.4, -0.2) is 18.1 Å². The molecule has 0 aromatic heterocycles. The lowest BCUT2D eigenvalue weighted by Gasteiger charge is -2.28. The Morgan fingerprint density at radius 2 is 1.71 bits per heavy atom. The number of amides is 1. The van der Waals surface area contributed by atoms with Gasteiger partial charge in [-0.05, 0) is 52.6 Å². The van der Waals surface area contributed by atoms with Crippen molar-refractivity contribution in [2.75, 3.05) is 12.4 Å². The largest absolute Gasteiger partial charge is 0.497 e. The van der Waals surface area contributed by atoms with E-state index in [0.29, 0.717) is 16.8 Å². The zero-order chi connectivity index (χ0) is 24.8. The molecule has 0 radical (unpaired) electrons. The maximum absolute atomic E-state index is 13.4. The lowest BCUT2D eigenvalue weighted by atomic mass is 9.85. The van der Waals surface area contributed by atoms with Crippen LogP contribution in [0.15, 0.2) is 97.1 Å². The van der Waals surface area contributed by atoms with Crippen molar-refractivity contribution in [2.24, 2.45) is 0 Å². The van der Waals surface area contributed by atoms with Gasteiger partial charge in [-0.2, -0.15) is 5.26 Å². The summed E-state index contributed by atoms with van der Waals surface area (Å²) >= 11 is 6.12. The van der Waals surface area contributed by atoms with E-state index in [1.165, 1.54) is 12.1 Å². The molecule has 0 saturated carbocycles. The van der Waals surface area contributed by atoms with Crippen LogP contribution in [0.2, 0.25) is 5.02 Å². The van der Waals surface area contributed by atoms with Crippen LogP contribution in [0.5, 0.6) is 5.75 Å². The Kier molecular flexibility index (Phi) is 7.17. The molecule has 4 rings (SSSR count). The fourth-order valence-electron chi connectivity index (χ4n) is 3.89. The number of anilines is 1. The van der Waals surface area contributed by atoms with Crippen LogP contribution >= 0.6 is 11.6 Å². The third kappa shape index (κ3) is 5.36. The highest BCUT2D eigenvalue weighted by atomic mass is 35.5. The SMILES string of the molecule is COc1ccc(-c2cccc(CC(O)(C(=O)Nc3ccc(C#N)c(Cl)c3)c3ccccc3)c2)cc1. The molecule has 0 heterocycles. The van der Waals surface area contributed by atoms with Crippen LogP contribution in [0, 0.1) is 11.3 Å². The van der Waals surface area contributed by atoms with Crippen molar-refractivity contribution in [3.05, 3.63) is 119 Å². The molecule has 0 aliphatic rings. The maximum Gasteiger partial charge on any atom is 0.261 e. The molecule has 0 fully saturated rings. The number of hydrogen-bond donors (Lipinski definition) is 2. The second-order valence-corrected chi connectivity index (χ2v) is 8.50. The first-order valence-electron chi connectivity index (χ1n) is 11.0. The van der Waals surface area contributed by atoms with Crippen molar-refractivity contribution in [2.45, 2.75) is 12.0 Å². The van der Waals surface area contributed by atoms with Gasteiger partial charge in [0.15, 0.2) is 5.60 Å². The van der Waals surface area contributed by atoms with Gasteiger partial charge in [0, 0.05) is 12.1 Å². The normalized spacial score (nSPS) is 12.3. The van der Waals surface area contributed by atoms with Gasteiger partial charge in [-0.15, -0.1) is 0 Å². The number of halogens is 1. The van der Waals surface area contributed by atoms with Gasteiger partial charge in [-0.25, -0.2) is 0 Å². The number of hydrogen-bond acceptors (Lipinski definition) is 4. The molecule has 2 N–H and O–H groups in total. The molecule has 174 valence electrons. The minimum Gasteiger partial charge on any atom is -0.497 e. The number of benzene rings is 4. The summed E-state index contributed by atoms with van der Waals surface area (Å²) < 4.78 is 5.24. The first kappa shape index (κ1) is 24.0. The molecule has 1 atom stereocenters. The Hall–Kier alpha value is -4.11. The number of nitriles is 1. The summed E-state index contributed by atoms with van der Waals surface area (Å²) in [4.78, 5) is 13.4. The predicted molar refractivity (Wildman–Crippen MR) is 137 cm³/mol. The minimum atomic E-state index is -1.85. The van der Waals surface area contributed by atoms with Gasteiger partial charge < -0.3 is 15.2 Å². The average Bonchev–Trinajstić information content (AvgIpc) is 2.89. The van der Waals surface area contributed by atoms with Crippen LogP contribution in [-0.2, 0) is 16.8 Å². The van der Waals surface area contributed by atoms with E-state index < -0.39 is 11.5 Å². The van der Waals surface area contributed by atoms with Crippen LogP contribution < -0.4 is 10.1 Å². The van der Waals surface area contributed by atoms with Gasteiger partial charge in [0.25, 0.3) is 5.91 Å². The number of carbonyl (C=O) groups excluding carboxylic acids is 1. The highest BCUT2D eigenvalue weighted by Crippen LogP contribution is 2.31. The lowest BCUT2D eigenvalue weighted by Crippen LogP contribution is -2.42. The molecule has 5 nitrogen and oxygen atoms in total. The number of ether oxygens (including phenoxy) is 1. The smallest absolute Gasteiger partial charge is 0.261 e. The van der Waals surface area contributed by atoms with Crippen molar-refractivity contribution in [3.63, 3.8) is 0 Å². The first-order chi connectivity index (χ1) is 16.9. The van der Waals surface area contributed by atoms with Crippen molar-refractivity contribution in [3.8, 4) is 22.9 Å². The lowest BCUT2D eigenvalue weighted by molar-refractivity contribution is -0.135. The van der Waals surface area contributed by atoms with E-state index in [4.69, 9.17) is 21.6 Å². The van der Waals surface area contributed by atoms with Crippen LogP contribution in [0.3, 0.4) is 0 Å². The fourth-order valence-corrected chi connectivity index (χ4v) is 4.11. The average molecular weight is 483 g/mol. The third-order valence-electron chi connectivity index (χ3n) is 5.78. The van der Waals surface area contributed by atoms with Gasteiger partial charge in [-0.3, -0.25) is 4.79 Å². The number of methoxy groups -OCH3 is 1. The molecule has 35 heavy (non-hydrogen) atoms. The molecule has 4 aromatic rings. The van der Waals surface area contributed by atoms with E-state index in [2.05, 4.69) is 5.32 Å². The molecule has 0 aliphatic carbocycles. The molecule has 4 aromatic carbocycles. The van der Waals surface area contributed by atoms with Gasteiger partial charge in [0.1, 0.15) is 11.8 Å². The van der Waals surface area contributed by atoms with Crippen molar-refractivity contribution >= 4 is 23.2 Å². The van der Waals surface area contributed by atoms with E-state index >= 15 is 0 Å². The molecule has 0 bridgehead atoms. The second kappa shape index (κ2) is 10.4. The highest BCUT2D eigenvalue weighted by Gasteiger charge is 2.38. The Labute approximate surface area is 209 Å². The maximum atomic E-state index is 13.4. The molecule has 1 amide bonds. The standard InChI is InChI=1S/C29H23ClN2O3/c1-35-26-14-11-21(12-15-26)22-7-5-6-20(16-22)18-29(34,24-8-3-2-4-9-24)28(33)32-25-13-10-23(19-31)27(30)17-25/h2-17,34H,18H2,1H3,(H,32,33). The predicted octanol–water partition coefficient (Wildman–Crippen LogP) is 5.96. The van der Waals surface area contributed by atoms with Crippen LogP contribution in [0.4, 0.5) is 5.69 Å². The molecule has 6 heteroatoms. The summed E-state index contributed by atoms with van der Waals surface area (Å²) in [5, 5.41) is 23.8. The number of aliphatic hydroxyl groups is 1. The molecular formula is C29H23ClN2O3. The number of nitrogens with zero attached hydrogens (tertiary/aromatic N) is 1. The fraction of sp³-hybridized carbons (Fsp3) is 0.103. The summed E-state index contributed by atoms with van der Waals surface area (Å²) in [7, 11) is 1.62. The molecular weight excluding hydrogens is 460 g/mol.